The van der Waals surface area contributed by atoms with Crippen molar-refractivity contribution in [1.82, 2.24) is 0 Å². The average Bonchev–Trinajstić information content (AvgIpc) is 2.54. The topological polar surface area (TPSA) is 54.0 Å². The standard InChI is InChI=1S/C17H24BFO5/c1-5-22-16(20)7-6-12-8-13(15(21-4)9-14(12)19)18-23-10-17(2,3)11-24-18/h8-9H,5-7,10-11H2,1-4H3. The smallest absolute Gasteiger partial charge is 0.497 e. The molecular weight excluding hydrogens is 314 g/mol. The number of methoxy groups -OCH3 is 1. The van der Waals surface area contributed by atoms with E-state index in [1.54, 1.807) is 13.0 Å². The SMILES string of the molecule is CCOC(=O)CCc1cc(B2OCC(C)(C)CO2)c(OC)cc1F. The van der Waals surface area contributed by atoms with Crippen LogP contribution in [-0.4, -0.2) is 40.0 Å². The Balaban J connectivity index is 2.17. The van der Waals surface area contributed by atoms with E-state index in [0.29, 0.717) is 36.6 Å². The van der Waals surface area contributed by atoms with Crippen molar-refractivity contribution in [2.45, 2.75) is 33.6 Å². The highest BCUT2D eigenvalue weighted by Crippen LogP contribution is 2.24. The van der Waals surface area contributed by atoms with Gasteiger partial charge in [0.15, 0.2) is 0 Å². The Morgan fingerprint density at radius 2 is 2.00 bits per heavy atom. The molecule has 0 saturated carbocycles. The molecule has 2 rings (SSSR count). The Bertz CT molecular complexity index is 581. The van der Waals surface area contributed by atoms with Gasteiger partial charge in [0, 0.05) is 36.6 Å². The number of benzene rings is 1. The van der Waals surface area contributed by atoms with E-state index in [-0.39, 0.29) is 24.2 Å². The predicted molar refractivity (Wildman–Crippen MR) is 89.0 cm³/mol. The van der Waals surface area contributed by atoms with E-state index >= 15 is 0 Å². The highest BCUT2D eigenvalue weighted by atomic mass is 19.1. The molecular formula is C17H24BFO5. The number of hydrogen-bond acceptors (Lipinski definition) is 5. The Morgan fingerprint density at radius 1 is 1.33 bits per heavy atom. The van der Waals surface area contributed by atoms with Gasteiger partial charge in [0.1, 0.15) is 11.6 Å². The first-order valence-electron chi connectivity index (χ1n) is 8.11. The molecule has 1 aliphatic heterocycles. The molecule has 0 radical (unpaired) electrons. The zero-order chi connectivity index (χ0) is 17.7. The number of carbonyl (C=O) groups is 1. The van der Waals surface area contributed by atoms with Crippen LogP contribution in [0, 0.1) is 11.2 Å². The van der Waals surface area contributed by atoms with E-state index in [1.165, 1.54) is 13.2 Å². The van der Waals surface area contributed by atoms with Gasteiger partial charge in [0.2, 0.25) is 0 Å². The molecule has 0 unspecified atom stereocenters. The van der Waals surface area contributed by atoms with E-state index in [9.17, 15) is 9.18 Å². The fourth-order valence-electron chi connectivity index (χ4n) is 2.51. The lowest BCUT2D eigenvalue weighted by Crippen LogP contribution is -2.48. The maximum Gasteiger partial charge on any atom is 0.497 e. The lowest BCUT2D eigenvalue weighted by atomic mass is 9.74. The number of rotatable bonds is 6. The summed E-state index contributed by atoms with van der Waals surface area (Å²) in [5.74, 6) is -0.394. The first-order chi connectivity index (χ1) is 11.4. The van der Waals surface area contributed by atoms with Crippen molar-refractivity contribution in [3.63, 3.8) is 0 Å². The fourth-order valence-corrected chi connectivity index (χ4v) is 2.51. The molecule has 1 saturated heterocycles. The van der Waals surface area contributed by atoms with Crippen molar-refractivity contribution >= 4 is 18.6 Å². The minimum atomic E-state index is -0.602. The molecule has 0 bridgehead atoms. The molecule has 1 aliphatic rings. The van der Waals surface area contributed by atoms with Crippen LogP contribution in [0.4, 0.5) is 4.39 Å². The largest absolute Gasteiger partial charge is 0.497 e. The van der Waals surface area contributed by atoms with Crippen LogP contribution in [0.15, 0.2) is 12.1 Å². The van der Waals surface area contributed by atoms with Crippen molar-refractivity contribution in [2.75, 3.05) is 26.9 Å². The zero-order valence-electron chi connectivity index (χ0n) is 14.7. The fraction of sp³-hybridized carbons (Fsp3) is 0.588. The molecule has 1 heterocycles. The van der Waals surface area contributed by atoms with Gasteiger partial charge in [-0.3, -0.25) is 4.79 Å². The third-order valence-electron chi connectivity index (χ3n) is 3.81. The van der Waals surface area contributed by atoms with Crippen LogP contribution in [0.3, 0.4) is 0 Å². The summed E-state index contributed by atoms with van der Waals surface area (Å²) in [5, 5.41) is 0. The molecule has 0 aliphatic carbocycles. The molecule has 7 heteroatoms. The van der Waals surface area contributed by atoms with Crippen LogP contribution < -0.4 is 10.2 Å². The zero-order valence-corrected chi connectivity index (χ0v) is 14.7. The number of carbonyl (C=O) groups excluding carboxylic acids is 1. The van der Waals surface area contributed by atoms with Crippen LogP contribution in [0.2, 0.25) is 0 Å². The lowest BCUT2D eigenvalue weighted by molar-refractivity contribution is -0.143. The molecule has 1 aromatic carbocycles. The first-order valence-corrected chi connectivity index (χ1v) is 8.11. The number of hydrogen-bond donors (Lipinski definition) is 0. The van der Waals surface area contributed by atoms with E-state index in [2.05, 4.69) is 13.8 Å². The number of esters is 1. The molecule has 0 amide bonds. The molecule has 1 aromatic rings. The van der Waals surface area contributed by atoms with Crippen molar-refractivity contribution < 1.29 is 28.0 Å². The Kier molecular flexibility index (Phi) is 6.24. The molecule has 0 spiro atoms. The maximum absolute atomic E-state index is 14.2. The molecule has 0 atom stereocenters. The van der Waals surface area contributed by atoms with Crippen LogP contribution in [-0.2, 0) is 25.3 Å². The van der Waals surface area contributed by atoms with Crippen molar-refractivity contribution in [3.05, 3.63) is 23.5 Å². The summed E-state index contributed by atoms with van der Waals surface area (Å²) in [6.45, 7) is 7.23. The van der Waals surface area contributed by atoms with Crippen molar-refractivity contribution in [1.29, 1.82) is 0 Å². The Hall–Kier alpha value is -1.60. The van der Waals surface area contributed by atoms with E-state index in [4.69, 9.17) is 18.8 Å². The predicted octanol–water partition coefficient (Wildman–Crippen LogP) is 2.10. The van der Waals surface area contributed by atoms with Gasteiger partial charge in [-0.1, -0.05) is 19.9 Å². The van der Waals surface area contributed by atoms with Crippen LogP contribution in [0.5, 0.6) is 5.75 Å². The second kappa shape index (κ2) is 7.99. The van der Waals surface area contributed by atoms with Gasteiger partial charge in [0.05, 0.1) is 13.7 Å². The van der Waals surface area contributed by atoms with Gasteiger partial charge in [-0.05, 0) is 18.9 Å². The van der Waals surface area contributed by atoms with E-state index in [0.717, 1.165) is 0 Å². The molecule has 24 heavy (non-hydrogen) atoms. The highest BCUT2D eigenvalue weighted by molar-refractivity contribution is 6.62. The second-order valence-electron chi connectivity index (χ2n) is 6.61. The van der Waals surface area contributed by atoms with Gasteiger partial charge in [-0.25, -0.2) is 4.39 Å². The first kappa shape index (κ1) is 18.7. The van der Waals surface area contributed by atoms with Gasteiger partial charge in [0.25, 0.3) is 0 Å². The van der Waals surface area contributed by atoms with E-state index in [1.807, 2.05) is 0 Å². The average molecular weight is 338 g/mol. The summed E-state index contributed by atoms with van der Waals surface area (Å²) in [6, 6.07) is 2.96. The quantitative estimate of drug-likeness (QED) is 0.587. The molecule has 0 aromatic heterocycles. The third-order valence-corrected chi connectivity index (χ3v) is 3.81. The van der Waals surface area contributed by atoms with Gasteiger partial charge >= 0.3 is 13.1 Å². The molecule has 0 N–H and O–H groups in total. The summed E-state index contributed by atoms with van der Waals surface area (Å²) < 4.78 is 35.9. The minimum absolute atomic E-state index is 0.0590. The summed E-state index contributed by atoms with van der Waals surface area (Å²) in [6.07, 6.45) is 0.371. The molecule has 5 nitrogen and oxygen atoms in total. The number of halogens is 1. The Labute approximate surface area is 142 Å². The highest BCUT2D eigenvalue weighted by Gasteiger charge is 2.35. The van der Waals surface area contributed by atoms with Gasteiger partial charge < -0.3 is 18.8 Å². The van der Waals surface area contributed by atoms with Crippen LogP contribution in [0.1, 0.15) is 32.8 Å². The van der Waals surface area contributed by atoms with Crippen molar-refractivity contribution in [2.24, 2.45) is 5.41 Å². The summed E-state index contributed by atoms with van der Waals surface area (Å²) >= 11 is 0. The van der Waals surface area contributed by atoms with E-state index < -0.39 is 12.9 Å². The van der Waals surface area contributed by atoms with Crippen molar-refractivity contribution in [3.8, 4) is 5.75 Å². The summed E-state index contributed by atoms with van der Waals surface area (Å²) in [7, 11) is 0.874. The molecule has 1 fully saturated rings. The second-order valence-corrected chi connectivity index (χ2v) is 6.61. The number of aryl methyl sites for hydroxylation is 1. The van der Waals surface area contributed by atoms with Gasteiger partial charge in [-0.2, -0.15) is 0 Å². The lowest BCUT2D eigenvalue weighted by Gasteiger charge is -2.33. The minimum Gasteiger partial charge on any atom is -0.497 e. The third kappa shape index (κ3) is 4.71. The summed E-state index contributed by atoms with van der Waals surface area (Å²) in [5.41, 5.74) is 0.986. The summed E-state index contributed by atoms with van der Waals surface area (Å²) in [4.78, 5) is 11.5. The molecule has 132 valence electrons. The van der Waals surface area contributed by atoms with Gasteiger partial charge in [-0.15, -0.1) is 0 Å². The maximum atomic E-state index is 14.2. The Morgan fingerprint density at radius 3 is 2.58 bits per heavy atom. The normalized spacial score (nSPS) is 16.8. The monoisotopic (exact) mass is 338 g/mol. The number of ether oxygens (including phenoxy) is 2. The van der Waals surface area contributed by atoms with Crippen LogP contribution >= 0.6 is 0 Å². The van der Waals surface area contributed by atoms with Crippen LogP contribution in [0.25, 0.3) is 0 Å².